The van der Waals surface area contributed by atoms with Crippen molar-refractivity contribution in [1.29, 1.82) is 0 Å². The van der Waals surface area contributed by atoms with Gasteiger partial charge in [0.15, 0.2) is 0 Å². The summed E-state index contributed by atoms with van der Waals surface area (Å²) < 4.78 is 0.759. The molecule has 0 saturated heterocycles. The second kappa shape index (κ2) is 5.72. The van der Waals surface area contributed by atoms with Crippen molar-refractivity contribution in [3.8, 4) is 0 Å². The van der Waals surface area contributed by atoms with Gasteiger partial charge in [-0.1, -0.05) is 27.5 Å². The van der Waals surface area contributed by atoms with Crippen molar-refractivity contribution in [3.63, 3.8) is 0 Å². The van der Waals surface area contributed by atoms with Gasteiger partial charge in [-0.15, -0.1) is 0 Å². The molecular formula is C12H12Br2ClNO. The molecule has 92 valence electrons. The fraction of sp³-hybridized carbons (Fsp3) is 0.417. The van der Waals surface area contributed by atoms with E-state index in [4.69, 9.17) is 11.6 Å². The molecule has 1 saturated carbocycles. The predicted molar refractivity (Wildman–Crippen MR) is 77.0 cm³/mol. The Morgan fingerprint density at radius 3 is 2.71 bits per heavy atom. The van der Waals surface area contributed by atoms with Crippen LogP contribution in [0.5, 0.6) is 0 Å². The van der Waals surface area contributed by atoms with Crippen LogP contribution in [-0.4, -0.2) is 28.7 Å². The summed E-state index contributed by atoms with van der Waals surface area (Å²) in [6.07, 6.45) is 2.23. The number of benzene rings is 1. The van der Waals surface area contributed by atoms with E-state index >= 15 is 0 Å². The van der Waals surface area contributed by atoms with Crippen LogP contribution in [0.2, 0.25) is 5.02 Å². The van der Waals surface area contributed by atoms with E-state index in [0.29, 0.717) is 16.6 Å². The molecule has 2 rings (SSSR count). The summed E-state index contributed by atoms with van der Waals surface area (Å²) >= 11 is 12.7. The maximum absolute atomic E-state index is 12.4. The molecule has 0 radical (unpaired) electrons. The number of carbonyl (C=O) groups excluding carboxylic acids is 1. The third kappa shape index (κ3) is 3.24. The largest absolute Gasteiger partial charge is 0.335 e. The van der Waals surface area contributed by atoms with Gasteiger partial charge < -0.3 is 4.90 Å². The zero-order valence-corrected chi connectivity index (χ0v) is 13.1. The van der Waals surface area contributed by atoms with Gasteiger partial charge in [-0.2, -0.15) is 0 Å². The number of nitrogens with zero attached hydrogens (tertiary/aromatic N) is 1. The maximum atomic E-state index is 12.4. The lowest BCUT2D eigenvalue weighted by Gasteiger charge is -2.22. The molecular weight excluding hydrogens is 369 g/mol. The van der Waals surface area contributed by atoms with E-state index in [1.807, 2.05) is 4.90 Å². The van der Waals surface area contributed by atoms with E-state index in [2.05, 4.69) is 31.9 Å². The smallest absolute Gasteiger partial charge is 0.255 e. The Kier molecular flexibility index (Phi) is 4.50. The SMILES string of the molecule is O=C(c1ccc(Cl)cc1Br)N(CCBr)C1CC1. The Bertz CT molecular complexity index is 435. The number of rotatable bonds is 4. The van der Waals surface area contributed by atoms with E-state index in [0.717, 1.165) is 29.2 Å². The molecule has 0 unspecified atom stereocenters. The van der Waals surface area contributed by atoms with Crippen LogP contribution in [0.15, 0.2) is 22.7 Å². The van der Waals surface area contributed by atoms with E-state index in [1.54, 1.807) is 18.2 Å². The lowest BCUT2D eigenvalue weighted by Crippen LogP contribution is -2.34. The standard InChI is InChI=1S/C12H12Br2ClNO/c13-5-6-16(9-2-3-9)12(17)10-4-1-8(15)7-11(10)14/h1,4,7,9H,2-3,5-6H2. The average molecular weight is 381 g/mol. The summed E-state index contributed by atoms with van der Waals surface area (Å²) in [5.41, 5.74) is 0.683. The highest BCUT2D eigenvalue weighted by molar-refractivity contribution is 9.10. The molecule has 0 atom stereocenters. The molecule has 0 aromatic heterocycles. The molecule has 17 heavy (non-hydrogen) atoms. The fourth-order valence-electron chi connectivity index (χ4n) is 1.74. The normalized spacial score (nSPS) is 14.8. The summed E-state index contributed by atoms with van der Waals surface area (Å²) in [5.74, 6) is 0.0792. The first-order chi connectivity index (χ1) is 8.13. The van der Waals surface area contributed by atoms with E-state index in [-0.39, 0.29) is 5.91 Å². The topological polar surface area (TPSA) is 20.3 Å². The Morgan fingerprint density at radius 1 is 1.47 bits per heavy atom. The first kappa shape index (κ1) is 13.4. The van der Waals surface area contributed by atoms with E-state index in [1.165, 1.54) is 0 Å². The number of alkyl halides is 1. The Labute approximate surface area is 123 Å². The molecule has 1 aromatic rings. The molecule has 1 aromatic carbocycles. The van der Waals surface area contributed by atoms with Gasteiger partial charge in [0.1, 0.15) is 0 Å². The predicted octanol–water partition coefficient (Wildman–Crippen LogP) is 4.10. The number of hydrogen-bond donors (Lipinski definition) is 0. The van der Waals surface area contributed by atoms with Gasteiger partial charge in [0.05, 0.1) is 5.56 Å². The third-order valence-electron chi connectivity index (χ3n) is 2.74. The average Bonchev–Trinajstić information content (AvgIpc) is 3.09. The molecule has 2 nitrogen and oxygen atoms in total. The lowest BCUT2D eigenvalue weighted by molar-refractivity contribution is 0.0754. The lowest BCUT2D eigenvalue weighted by atomic mass is 10.2. The van der Waals surface area contributed by atoms with Crippen LogP contribution >= 0.6 is 43.5 Å². The van der Waals surface area contributed by atoms with Crippen molar-refractivity contribution in [3.05, 3.63) is 33.3 Å². The molecule has 0 N–H and O–H groups in total. The quantitative estimate of drug-likeness (QED) is 0.719. The monoisotopic (exact) mass is 379 g/mol. The van der Waals surface area contributed by atoms with Crippen LogP contribution in [0.1, 0.15) is 23.2 Å². The maximum Gasteiger partial charge on any atom is 0.255 e. The molecule has 0 heterocycles. The minimum Gasteiger partial charge on any atom is -0.335 e. The van der Waals surface area contributed by atoms with Gasteiger partial charge in [0.25, 0.3) is 5.91 Å². The van der Waals surface area contributed by atoms with Crippen molar-refractivity contribution in [2.45, 2.75) is 18.9 Å². The van der Waals surface area contributed by atoms with Crippen molar-refractivity contribution in [2.24, 2.45) is 0 Å². The summed E-state index contributed by atoms with van der Waals surface area (Å²) in [5, 5.41) is 1.44. The zero-order chi connectivity index (χ0) is 12.4. The summed E-state index contributed by atoms with van der Waals surface area (Å²) in [6, 6.07) is 5.70. The van der Waals surface area contributed by atoms with Gasteiger partial charge >= 0.3 is 0 Å². The molecule has 0 bridgehead atoms. The van der Waals surface area contributed by atoms with Gasteiger partial charge in [-0.05, 0) is 47.0 Å². The van der Waals surface area contributed by atoms with Gasteiger partial charge in [0, 0.05) is 27.4 Å². The minimum absolute atomic E-state index is 0.0792. The van der Waals surface area contributed by atoms with Crippen LogP contribution in [0.4, 0.5) is 0 Å². The second-order valence-corrected chi connectivity index (χ2v) is 6.13. The molecule has 0 spiro atoms. The van der Waals surface area contributed by atoms with Crippen molar-refractivity contribution >= 4 is 49.4 Å². The minimum atomic E-state index is 0.0792. The number of hydrogen-bond acceptors (Lipinski definition) is 1. The number of halogens is 3. The highest BCUT2D eigenvalue weighted by atomic mass is 79.9. The van der Waals surface area contributed by atoms with Crippen LogP contribution in [0.25, 0.3) is 0 Å². The molecule has 1 amide bonds. The number of amides is 1. The first-order valence-corrected chi connectivity index (χ1v) is 7.74. The second-order valence-electron chi connectivity index (χ2n) is 4.04. The first-order valence-electron chi connectivity index (χ1n) is 5.45. The molecule has 5 heteroatoms. The Balaban J connectivity index is 2.22. The highest BCUT2D eigenvalue weighted by Gasteiger charge is 2.33. The van der Waals surface area contributed by atoms with Gasteiger partial charge in [-0.3, -0.25) is 4.79 Å². The highest BCUT2D eigenvalue weighted by Crippen LogP contribution is 2.30. The van der Waals surface area contributed by atoms with E-state index in [9.17, 15) is 4.79 Å². The van der Waals surface area contributed by atoms with Crippen LogP contribution < -0.4 is 0 Å². The van der Waals surface area contributed by atoms with Gasteiger partial charge in [-0.25, -0.2) is 0 Å². The van der Waals surface area contributed by atoms with Crippen molar-refractivity contribution in [2.75, 3.05) is 11.9 Å². The van der Waals surface area contributed by atoms with Crippen molar-refractivity contribution in [1.82, 2.24) is 4.90 Å². The van der Waals surface area contributed by atoms with Crippen LogP contribution in [-0.2, 0) is 0 Å². The zero-order valence-electron chi connectivity index (χ0n) is 9.13. The van der Waals surface area contributed by atoms with Crippen LogP contribution in [0, 0.1) is 0 Å². The van der Waals surface area contributed by atoms with Crippen molar-refractivity contribution < 1.29 is 4.79 Å². The van der Waals surface area contributed by atoms with Crippen LogP contribution in [0.3, 0.4) is 0 Å². The molecule has 1 aliphatic carbocycles. The molecule has 1 fully saturated rings. The number of carbonyl (C=O) groups is 1. The summed E-state index contributed by atoms with van der Waals surface area (Å²) in [7, 11) is 0. The van der Waals surface area contributed by atoms with Gasteiger partial charge in [0.2, 0.25) is 0 Å². The summed E-state index contributed by atoms with van der Waals surface area (Å²) in [4.78, 5) is 14.3. The summed E-state index contributed by atoms with van der Waals surface area (Å²) in [6.45, 7) is 0.749. The molecule has 0 aliphatic heterocycles. The Hall–Kier alpha value is -0.0600. The fourth-order valence-corrected chi connectivity index (χ4v) is 2.98. The third-order valence-corrected chi connectivity index (χ3v) is 3.98. The Morgan fingerprint density at radius 2 is 2.18 bits per heavy atom. The van der Waals surface area contributed by atoms with E-state index < -0.39 is 0 Å². The molecule has 1 aliphatic rings.